The first-order valence-corrected chi connectivity index (χ1v) is 15.9. The van der Waals surface area contributed by atoms with Gasteiger partial charge in [0, 0.05) is 29.8 Å². The zero-order valence-electron chi connectivity index (χ0n) is 26.4. The van der Waals surface area contributed by atoms with Gasteiger partial charge in [0.2, 0.25) is 0 Å². The molecule has 0 bridgehead atoms. The van der Waals surface area contributed by atoms with Gasteiger partial charge in [-0.2, -0.15) is 0 Å². The predicted octanol–water partition coefficient (Wildman–Crippen LogP) is 7.02. The topological polar surface area (TPSA) is 101 Å². The Labute approximate surface area is 261 Å². The van der Waals surface area contributed by atoms with Crippen LogP contribution in [0.25, 0.3) is 0 Å². The van der Waals surface area contributed by atoms with E-state index in [-0.39, 0.29) is 30.6 Å². The van der Waals surface area contributed by atoms with Crippen molar-refractivity contribution in [1.29, 1.82) is 0 Å². The van der Waals surface area contributed by atoms with Crippen molar-refractivity contribution in [3.8, 4) is 5.75 Å². The van der Waals surface area contributed by atoms with Gasteiger partial charge in [-0.25, -0.2) is 0 Å². The monoisotopic (exact) mass is 605 g/mol. The van der Waals surface area contributed by atoms with Crippen LogP contribution in [0.3, 0.4) is 0 Å². The highest BCUT2D eigenvalue weighted by Gasteiger charge is 2.40. The third kappa shape index (κ3) is 11.5. The number of hydrogen-bond donors (Lipinski definition) is 0. The number of ketones is 2. The standard InChI is InChI=1S/C36H47NO7/c1-4-6-15-28(5-2)26-42-22-21-41-23-24-44-33(38)17-12-13-20-43-29-18-19-30-31(25-29)36(40)34(35(30)39)32-16-11-9-7-8-10-14-27(3)37-32/h7-11,14,16,18-19,25,28,34H,4-6,12-13,15,17,20-24,26H2,1-3H3. The smallest absolute Gasteiger partial charge is 0.305 e. The molecular weight excluding hydrogens is 558 g/mol. The summed E-state index contributed by atoms with van der Waals surface area (Å²) in [4.78, 5) is 43.0. The molecular formula is C36H47NO7. The molecule has 0 amide bonds. The van der Waals surface area contributed by atoms with Crippen LogP contribution in [0.5, 0.6) is 5.75 Å². The number of aryl methyl sites for hydroxylation is 1. The van der Waals surface area contributed by atoms with Gasteiger partial charge in [-0.15, -0.1) is 0 Å². The average Bonchev–Trinajstić information content (AvgIpc) is 3.27. The molecule has 8 heteroatoms. The minimum absolute atomic E-state index is 0.220. The number of nitrogens with zero attached hydrogens (tertiary/aromatic N) is 1. The van der Waals surface area contributed by atoms with Gasteiger partial charge in [0.1, 0.15) is 18.3 Å². The van der Waals surface area contributed by atoms with E-state index < -0.39 is 5.92 Å². The molecule has 1 heterocycles. The molecule has 8 nitrogen and oxygen atoms in total. The van der Waals surface area contributed by atoms with E-state index in [2.05, 4.69) is 18.8 Å². The van der Waals surface area contributed by atoms with E-state index in [1.54, 1.807) is 30.3 Å². The van der Waals surface area contributed by atoms with Gasteiger partial charge in [-0.3, -0.25) is 19.4 Å². The van der Waals surface area contributed by atoms with Crippen molar-refractivity contribution in [2.24, 2.45) is 5.92 Å². The Morgan fingerprint density at radius 1 is 0.818 bits per heavy atom. The third-order valence-electron chi connectivity index (χ3n) is 7.50. The number of unbranched alkanes of at least 4 members (excludes halogenated alkanes) is 2. The Morgan fingerprint density at radius 3 is 2.34 bits per heavy atom. The van der Waals surface area contributed by atoms with Crippen molar-refractivity contribution >= 4 is 17.5 Å². The highest BCUT2D eigenvalue weighted by Crippen LogP contribution is 2.35. The summed E-state index contributed by atoms with van der Waals surface area (Å²) in [6.45, 7) is 8.97. The quantitative estimate of drug-likeness (QED) is 0.0957. The second-order valence-electron chi connectivity index (χ2n) is 11.0. The van der Waals surface area contributed by atoms with E-state index in [1.807, 2.05) is 37.3 Å². The maximum Gasteiger partial charge on any atom is 0.305 e. The lowest BCUT2D eigenvalue weighted by atomic mass is 9.99. The molecule has 2 unspecified atom stereocenters. The van der Waals surface area contributed by atoms with E-state index in [1.165, 1.54) is 19.3 Å². The molecule has 2 atom stereocenters. The van der Waals surface area contributed by atoms with Crippen molar-refractivity contribution in [2.75, 3.05) is 39.6 Å². The second-order valence-corrected chi connectivity index (χ2v) is 11.0. The summed E-state index contributed by atoms with van der Waals surface area (Å²) in [5.74, 6) is -0.670. The van der Waals surface area contributed by atoms with Gasteiger partial charge in [0.05, 0.1) is 32.1 Å². The molecule has 2 aromatic rings. The second kappa shape index (κ2) is 19.6. The van der Waals surface area contributed by atoms with E-state index in [0.29, 0.717) is 73.5 Å². The van der Waals surface area contributed by atoms with Gasteiger partial charge in [0.15, 0.2) is 11.6 Å². The first kappa shape index (κ1) is 34.9. The summed E-state index contributed by atoms with van der Waals surface area (Å²) >= 11 is 0. The highest BCUT2D eigenvalue weighted by molar-refractivity contribution is 6.29. The fourth-order valence-electron chi connectivity index (χ4n) is 4.93. The summed E-state index contributed by atoms with van der Waals surface area (Å²) in [6, 6.07) is 17.7. The molecule has 1 aliphatic rings. The number of carbonyl (C=O) groups excluding carboxylic acids is 3. The van der Waals surface area contributed by atoms with Crippen LogP contribution >= 0.6 is 0 Å². The zero-order valence-corrected chi connectivity index (χ0v) is 26.4. The molecule has 3 rings (SSSR count). The van der Waals surface area contributed by atoms with Gasteiger partial charge in [0.25, 0.3) is 0 Å². The summed E-state index contributed by atoms with van der Waals surface area (Å²) < 4.78 is 22.3. The lowest BCUT2D eigenvalue weighted by molar-refractivity contribution is -0.145. The summed E-state index contributed by atoms with van der Waals surface area (Å²) in [5.41, 5.74) is 1.84. The van der Waals surface area contributed by atoms with E-state index >= 15 is 0 Å². The number of hydrogen-bond acceptors (Lipinski definition) is 8. The van der Waals surface area contributed by atoms with Gasteiger partial charge < -0.3 is 18.9 Å². The largest absolute Gasteiger partial charge is 0.494 e. The van der Waals surface area contributed by atoms with Crippen LogP contribution in [0.1, 0.15) is 96.8 Å². The lowest BCUT2D eigenvalue weighted by Gasteiger charge is -2.14. The molecule has 1 aromatic carbocycles. The van der Waals surface area contributed by atoms with Crippen LogP contribution in [0.4, 0.5) is 0 Å². The highest BCUT2D eigenvalue weighted by atomic mass is 16.6. The first-order valence-electron chi connectivity index (χ1n) is 15.9. The summed E-state index contributed by atoms with van der Waals surface area (Å²) in [6.07, 6.45) is 6.32. The number of aromatic nitrogens is 1. The molecule has 0 saturated heterocycles. The molecule has 0 radical (unpaired) electrons. The Kier molecular flexibility index (Phi) is 15.5. The summed E-state index contributed by atoms with van der Waals surface area (Å²) in [7, 11) is 0. The van der Waals surface area contributed by atoms with Crippen LogP contribution < -0.4 is 4.74 Å². The van der Waals surface area contributed by atoms with Gasteiger partial charge in [-0.1, -0.05) is 63.4 Å². The average molecular weight is 606 g/mol. The van der Waals surface area contributed by atoms with E-state index in [4.69, 9.17) is 18.9 Å². The number of fused-ring (bicyclic) bond motifs is 1. The van der Waals surface area contributed by atoms with E-state index in [9.17, 15) is 14.4 Å². The van der Waals surface area contributed by atoms with Gasteiger partial charge in [-0.05, 0) is 62.4 Å². The molecule has 44 heavy (non-hydrogen) atoms. The number of rotatable bonds is 19. The molecule has 1 aromatic heterocycles. The van der Waals surface area contributed by atoms with Crippen LogP contribution in [-0.4, -0.2) is 62.2 Å². The Morgan fingerprint density at radius 2 is 1.55 bits per heavy atom. The molecule has 0 saturated carbocycles. The van der Waals surface area contributed by atoms with Crippen molar-refractivity contribution < 1.29 is 33.3 Å². The number of esters is 1. The molecule has 0 spiro atoms. The Balaban J connectivity index is 1.33. The maximum atomic E-state index is 13.3. The normalized spacial score (nSPS) is 14.6. The molecule has 1 aliphatic carbocycles. The Bertz CT molecular complexity index is 1280. The fraction of sp³-hybridized carbons (Fsp3) is 0.500. The van der Waals surface area contributed by atoms with Gasteiger partial charge >= 0.3 is 5.97 Å². The van der Waals surface area contributed by atoms with E-state index in [0.717, 1.165) is 13.0 Å². The minimum Gasteiger partial charge on any atom is -0.494 e. The fourth-order valence-corrected chi connectivity index (χ4v) is 4.93. The number of ether oxygens (including phenoxy) is 4. The third-order valence-corrected chi connectivity index (χ3v) is 7.50. The summed E-state index contributed by atoms with van der Waals surface area (Å²) in [5, 5.41) is 0. The van der Waals surface area contributed by atoms with Crippen LogP contribution in [0.2, 0.25) is 0 Å². The molecule has 238 valence electrons. The molecule has 0 N–H and O–H groups in total. The van der Waals surface area contributed by atoms with Crippen molar-refractivity contribution in [2.45, 2.75) is 71.6 Å². The first-order chi connectivity index (χ1) is 21.4. The molecule has 0 fully saturated rings. The van der Waals surface area contributed by atoms with Crippen molar-refractivity contribution in [3.05, 3.63) is 83.2 Å². The van der Waals surface area contributed by atoms with Crippen molar-refractivity contribution in [3.63, 3.8) is 0 Å². The van der Waals surface area contributed by atoms with Crippen LogP contribution in [-0.2, 0) is 19.0 Å². The maximum absolute atomic E-state index is 13.3. The van der Waals surface area contributed by atoms with Crippen LogP contribution in [0.15, 0.2) is 60.7 Å². The van der Waals surface area contributed by atoms with Crippen molar-refractivity contribution in [1.82, 2.24) is 4.98 Å². The lowest BCUT2D eigenvalue weighted by Crippen LogP contribution is -2.15. The molecule has 0 aliphatic heterocycles. The van der Waals surface area contributed by atoms with Crippen LogP contribution in [0, 0.1) is 12.8 Å². The SMILES string of the molecule is CCCCC(CC)COCCOCCOC(=O)CCCCOc1ccc2c(c1)C(=O)C(c1cccccccc(C)n1)C2=O. The zero-order chi connectivity index (χ0) is 31.6. The Hall–Kier alpha value is -3.62. The number of carbonyl (C=O) groups is 3. The number of benzene rings is 1. The minimum atomic E-state index is -0.977. The number of Topliss-reactive ketones (excluding diaryl/α,β-unsaturated/α-hetero) is 2. The predicted molar refractivity (Wildman–Crippen MR) is 170 cm³/mol.